The summed E-state index contributed by atoms with van der Waals surface area (Å²) >= 11 is 5.84. The molecule has 0 amide bonds. The number of hydrogen-bond acceptors (Lipinski definition) is 6. The maximum Gasteiger partial charge on any atom is 0.262 e. The lowest BCUT2D eigenvalue weighted by Crippen LogP contribution is -2.15. The van der Waals surface area contributed by atoms with Crippen molar-refractivity contribution in [1.29, 1.82) is 0 Å². The van der Waals surface area contributed by atoms with Gasteiger partial charge in [-0.1, -0.05) is 24.3 Å². The Labute approximate surface area is 149 Å². The molecule has 7 nitrogen and oxygen atoms in total. The highest BCUT2D eigenvalue weighted by molar-refractivity contribution is 7.92. The van der Waals surface area contributed by atoms with Gasteiger partial charge in [-0.05, 0) is 41.9 Å². The minimum atomic E-state index is -3.79. The van der Waals surface area contributed by atoms with Crippen LogP contribution in [0.4, 0.5) is 22.9 Å². The lowest BCUT2D eigenvalue weighted by molar-refractivity contribution is 0.601. The highest BCUT2D eigenvalue weighted by Gasteiger charge is 2.17. The molecule has 0 fully saturated rings. The average molecular weight is 376 g/mol. The molecule has 0 atom stereocenters. The van der Waals surface area contributed by atoms with Gasteiger partial charge in [-0.15, -0.1) is 0 Å². The minimum absolute atomic E-state index is 0.0194. The minimum Gasteiger partial charge on any atom is -0.399 e. The van der Waals surface area contributed by atoms with Crippen molar-refractivity contribution < 1.29 is 8.42 Å². The number of nitrogens with one attached hydrogen (secondary N) is 2. The molecule has 0 saturated heterocycles. The number of nitrogens with two attached hydrogens (primary N) is 1. The smallest absolute Gasteiger partial charge is 0.262 e. The van der Waals surface area contributed by atoms with Crippen LogP contribution in [0.5, 0.6) is 0 Å². The molecule has 0 saturated carbocycles. The van der Waals surface area contributed by atoms with Gasteiger partial charge < -0.3 is 11.1 Å². The van der Waals surface area contributed by atoms with E-state index in [-0.39, 0.29) is 21.7 Å². The number of sulfonamides is 1. The zero-order chi connectivity index (χ0) is 17.9. The lowest BCUT2D eigenvalue weighted by atomic mass is 10.3. The van der Waals surface area contributed by atoms with Gasteiger partial charge in [0.25, 0.3) is 10.0 Å². The molecule has 0 bridgehead atoms. The third kappa shape index (κ3) is 4.17. The Morgan fingerprint density at radius 3 is 2.52 bits per heavy atom. The molecular weight excluding hydrogens is 362 g/mol. The van der Waals surface area contributed by atoms with Crippen molar-refractivity contribution in [1.82, 2.24) is 9.97 Å². The lowest BCUT2D eigenvalue weighted by Gasteiger charge is -2.13. The first-order valence-corrected chi connectivity index (χ1v) is 9.03. The average Bonchev–Trinajstić information content (AvgIpc) is 2.58. The van der Waals surface area contributed by atoms with Crippen LogP contribution in [0.1, 0.15) is 0 Å². The van der Waals surface area contributed by atoms with E-state index < -0.39 is 10.0 Å². The summed E-state index contributed by atoms with van der Waals surface area (Å²) < 4.78 is 27.5. The summed E-state index contributed by atoms with van der Waals surface area (Å²) in [5, 5.41) is 2.97. The molecule has 0 aliphatic carbocycles. The third-order valence-corrected chi connectivity index (χ3v) is 4.77. The van der Waals surface area contributed by atoms with E-state index in [4.69, 9.17) is 17.3 Å². The van der Waals surface area contributed by atoms with Crippen molar-refractivity contribution in [2.45, 2.75) is 4.90 Å². The second-order valence-corrected chi connectivity index (χ2v) is 7.09. The molecule has 0 aliphatic heterocycles. The van der Waals surface area contributed by atoms with Crippen LogP contribution in [0.2, 0.25) is 5.28 Å². The molecule has 0 spiro atoms. The zero-order valence-corrected chi connectivity index (χ0v) is 14.4. The van der Waals surface area contributed by atoms with E-state index in [0.717, 1.165) is 0 Å². The molecule has 3 aromatic rings. The van der Waals surface area contributed by atoms with Crippen LogP contribution in [0.25, 0.3) is 0 Å². The van der Waals surface area contributed by atoms with E-state index in [1.807, 2.05) is 0 Å². The summed E-state index contributed by atoms with van der Waals surface area (Å²) in [6, 6.07) is 14.9. The van der Waals surface area contributed by atoms with Crippen LogP contribution in [-0.4, -0.2) is 18.4 Å². The summed E-state index contributed by atoms with van der Waals surface area (Å²) in [6.07, 6.45) is 1.30. The third-order valence-electron chi connectivity index (χ3n) is 3.21. The fourth-order valence-corrected chi connectivity index (χ4v) is 3.29. The van der Waals surface area contributed by atoms with Crippen molar-refractivity contribution in [3.63, 3.8) is 0 Å². The maximum absolute atomic E-state index is 12.5. The van der Waals surface area contributed by atoms with Crippen LogP contribution in [0.15, 0.2) is 65.7 Å². The fraction of sp³-hybridized carbons (Fsp3) is 0. The van der Waals surface area contributed by atoms with E-state index in [2.05, 4.69) is 20.0 Å². The number of hydrogen-bond donors (Lipinski definition) is 3. The predicted octanol–water partition coefficient (Wildman–Crippen LogP) is 3.26. The molecule has 1 heterocycles. The number of halogens is 1. The van der Waals surface area contributed by atoms with E-state index in [9.17, 15) is 8.42 Å². The molecule has 9 heteroatoms. The summed E-state index contributed by atoms with van der Waals surface area (Å²) in [5.41, 5.74) is 7.10. The molecule has 0 unspecified atom stereocenters. The van der Waals surface area contributed by atoms with Gasteiger partial charge >= 0.3 is 0 Å². The van der Waals surface area contributed by atoms with Crippen molar-refractivity contribution >= 4 is 44.5 Å². The van der Waals surface area contributed by atoms with Crippen molar-refractivity contribution in [3.8, 4) is 0 Å². The standard InChI is InChI=1S/C16H14ClN5O2S/c17-16-19-10-14(22-25(23,24)13-7-2-1-3-8-13)15(21-16)20-12-6-4-5-11(18)9-12/h1-10,22H,18H2,(H,19,20,21). The van der Waals surface area contributed by atoms with Gasteiger partial charge in [0.1, 0.15) is 5.69 Å². The molecule has 0 radical (unpaired) electrons. The van der Waals surface area contributed by atoms with Gasteiger partial charge in [0.2, 0.25) is 5.28 Å². The number of aromatic nitrogens is 2. The summed E-state index contributed by atoms with van der Waals surface area (Å²) in [4.78, 5) is 8.02. The normalized spacial score (nSPS) is 11.1. The molecule has 3 rings (SSSR count). The van der Waals surface area contributed by atoms with Crippen LogP contribution in [-0.2, 0) is 10.0 Å². The van der Waals surface area contributed by atoms with Crippen LogP contribution < -0.4 is 15.8 Å². The highest BCUT2D eigenvalue weighted by atomic mass is 35.5. The molecule has 0 aliphatic rings. The Morgan fingerprint density at radius 1 is 1.04 bits per heavy atom. The zero-order valence-electron chi connectivity index (χ0n) is 12.8. The second kappa shape index (κ2) is 6.96. The Kier molecular flexibility index (Phi) is 4.73. The predicted molar refractivity (Wildman–Crippen MR) is 98.4 cm³/mol. The number of anilines is 4. The van der Waals surface area contributed by atoms with Gasteiger partial charge in [0.15, 0.2) is 5.82 Å². The van der Waals surface area contributed by atoms with E-state index in [1.165, 1.54) is 18.3 Å². The highest BCUT2D eigenvalue weighted by Crippen LogP contribution is 2.27. The summed E-state index contributed by atoms with van der Waals surface area (Å²) in [5.74, 6) is 0.213. The van der Waals surface area contributed by atoms with Gasteiger partial charge in [0.05, 0.1) is 11.1 Å². The number of rotatable bonds is 5. The van der Waals surface area contributed by atoms with Crippen molar-refractivity contribution in [2.75, 3.05) is 15.8 Å². The summed E-state index contributed by atoms with van der Waals surface area (Å²) in [7, 11) is -3.79. The Balaban J connectivity index is 1.94. The van der Waals surface area contributed by atoms with Crippen LogP contribution in [0, 0.1) is 0 Å². The van der Waals surface area contributed by atoms with E-state index >= 15 is 0 Å². The Hall–Kier alpha value is -2.84. The summed E-state index contributed by atoms with van der Waals surface area (Å²) in [6.45, 7) is 0. The number of benzene rings is 2. The first-order valence-electron chi connectivity index (χ1n) is 7.17. The first-order chi connectivity index (χ1) is 11.9. The Morgan fingerprint density at radius 2 is 1.80 bits per heavy atom. The molecule has 4 N–H and O–H groups in total. The molecule has 1 aromatic heterocycles. The molecule has 25 heavy (non-hydrogen) atoms. The van der Waals surface area contributed by atoms with Gasteiger partial charge in [-0.2, -0.15) is 4.98 Å². The molecule has 2 aromatic carbocycles. The Bertz CT molecular complexity index is 996. The van der Waals surface area contributed by atoms with Crippen LogP contribution in [0.3, 0.4) is 0 Å². The SMILES string of the molecule is Nc1cccc(Nc2nc(Cl)ncc2NS(=O)(=O)c2ccccc2)c1. The van der Waals surface area contributed by atoms with Crippen molar-refractivity contribution in [2.24, 2.45) is 0 Å². The van der Waals surface area contributed by atoms with E-state index in [0.29, 0.717) is 11.4 Å². The number of nitrogen functional groups attached to an aromatic ring is 1. The molecular formula is C16H14ClN5O2S. The fourth-order valence-electron chi connectivity index (χ4n) is 2.09. The quantitative estimate of drug-likeness (QED) is 0.466. The van der Waals surface area contributed by atoms with Crippen LogP contribution >= 0.6 is 11.6 Å². The largest absolute Gasteiger partial charge is 0.399 e. The van der Waals surface area contributed by atoms with Gasteiger partial charge in [-0.3, -0.25) is 4.72 Å². The van der Waals surface area contributed by atoms with E-state index in [1.54, 1.807) is 42.5 Å². The first kappa shape index (κ1) is 17.0. The maximum atomic E-state index is 12.5. The topological polar surface area (TPSA) is 110 Å². The second-order valence-electron chi connectivity index (χ2n) is 5.07. The molecule has 128 valence electrons. The van der Waals surface area contributed by atoms with Crippen molar-refractivity contribution in [3.05, 3.63) is 66.1 Å². The van der Waals surface area contributed by atoms with Gasteiger partial charge in [0, 0.05) is 11.4 Å². The number of nitrogens with zero attached hydrogens (tertiary/aromatic N) is 2. The monoisotopic (exact) mass is 375 g/mol. The van der Waals surface area contributed by atoms with Gasteiger partial charge in [-0.25, -0.2) is 13.4 Å².